The van der Waals surface area contributed by atoms with E-state index >= 15 is 0 Å². The first kappa shape index (κ1) is 11.5. The van der Waals surface area contributed by atoms with Crippen molar-refractivity contribution in [2.45, 2.75) is 12.2 Å². The smallest absolute Gasteiger partial charge is 0.212 e. The van der Waals surface area contributed by atoms with E-state index < -0.39 is 29.1 Å². The third-order valence-electron chi connectivity index (χ3n) is 0.914. The Kier molecular flexibility index (Phi) is 3.62. The van der Waals surface area contributed by atoms with E-state index in [0.717, 1.165) is 0 Å². The van der Waals surface area contributed by atoms with Crippen LogP contribution in [0.2, 0.25) is 0 Å². The Hall–Kier alpha value is 0.480. The normalized spacial score (nSPS) is 16.3. The van der Waals surface area contributed by atoms with Crippen LogP contribution in [0.15, 0.2) is 0 Å². The Labute approximate surface area is 74.3 Å². The number of halogens is 2. The van der Waals surface area contributed by atoms with E-state index in [1.165, 1.54) is 6.92 Å². The second-order valence-corrected chi connectivity index (χ2v) is 7.86. The van der Waals surface area contributed by atoms with E-state index in [9.17, 15) is 16.8 Å². The highest BCUT2D eigenvalue weighted by Gasteiger charge is 2.23. The molecule has 0 fully saturated rings. The highest BCUT2D eigenvalue weighted by molar-refractivity contribution is 8.17. The van der Waals surface area contributed by atoms with Crippen molar-refractivity contribution in [1.82, 2.24) is 0 Å². The molecule has 0 aliphatic carbocycles. The Morgan fingerprint density at radius 1 is 1.18 bits per heavy atom. The van der Waals surface area contributed by atoms with Crippen LogP contribution >= 0.6 is 21.4 Å². The molecule has 0 aliphatic rings. The molecule has 0 aromatic rings. The van der Waals surface area contributed by atoms with Gasteiger partial charge in [-0.2, -0.15) is 0 Å². The lowest BCUT2D eigenvalue weighted by molar-refractivity contribution is 0.592. The minimum atomic E-state index is -3.83. The average molecular weight is 241 g/mol. The van der Waals surface area contributed by atoms with Gasteiger partial charge in [0.2, 0.25) is 18.1 Å². The molecule has 0 bridgehead atoms. The van der Waals surface area contributed by atoms with Gasteiger partial charge in [-0.1, -0.05) is 0 Å². The zero-order valence-corrected chi connectivity index (χ0v) is 8.63. The van der Waals surface area contributed by atoms with Gasteiger partial charge in [-0.15, -0.1) is 0 Å². The van der Waals surface area contributed by atoms with Crippen LogP contribution in [0.4, 0.5) is 0 Å². The molecule has 11 heavy (non-hydrogen) atoms. The fraction of sp³-hybridized carbons (Fsp3) is 1.00. The molecule has 68 valence electrons. The average Bonchev–Trinajstić information content (AvgIpc) is 1.56. The monoisotopic (exact) mass is 240 g/mol. The molecule has 0 heterocycles. The van der Waals surface area contributed by atoms with Crippen LogP contribution in [0.25, 0.3) is 0 Å². The second-order valence-electron chi connectivity index (χ2n) is 1.99. The lowest BCUT2D eigenvalue weighted by Gasteiger charge is -2.02. The summed E-state index contributed by atoms with van der Waals surface area (Å²) in [5.41, 5.74) is 0. The van der Waals surface area contributed by atoms with Gasteiger partial charge in [0.1, 0.15) is 0 Å². The Balaban J connectivity index is 4.47. The summed E-state index contributed by atoms with van der Waals surface area (Å²) in [6, 6.07) is 0. The topological polar surface area (TPSA) is 68.3 Å². The van der Waals surface area contributed by atoms with Gasteiger partial charge in [-0.05, 0) is 6.92 Å². The molecule has 0 amide bonds. The largest absolute Gasteiger partial charge is 0.236 e. The highest BCUT2D eigenvalue weighted by Crippen LogP contribution is 2.11. The maximum atomic E-state index is 10.5. The molecule has 4 nitrogen and oxygen atoms in total. The molecule has 8 heteroatoms. The molecule has 0 spiro atoms. The van der Waals surface area contributed by atoms with Crippen LogP contribution in [0, 0.1) is 0 Å². The van der Waals surface area contributed by atoms with Crippen molar-refractivity contribution < 1.29 is 16.8 Å². The number of rotatable bonds is 3. The summed E-state index contributed by atoms with van der Waals surface area (Å²) in [5, 5.41) is -1.17. The van der Waals surface area contributed by atoms with E-state index in [-0.39, 0.29) is 0 Å². The summed E-state index contributed by atoms with van der Waals surface area (Å²) >= 11 is 0. The summed E-state index contributed by atoms with van der Waals surface area (Å²) in [6.45, 7) is 1.17. The molecule has 0 radical (unpaired) electrons. The molecule has 0 saturated heterocycles. The van der Waals surface area contributed by atoms with Crippen LogP contribution in [0.1, 0.15) is 6.92 Å². The van der Waals surface area contributed by atoms with Crippen LogP contribution in [0.3, 0.4) is 0 Å². The van der Waals surface area contributed by atoms with E-state index in [4.69, 9.17) is 21.4 Å². The van der Waals surface area contributed by atoms with Crippen LogP contribution in [-0.4, -0.2) is 27.8 Å². The van der Waals surface area contributed by atoms with Crippen LogP contribution in [0.5, 0.6) is 0 Å². The van der Waals surface area contributed by atoms with Crippen molar-refractivity contribution in [3.05, 3.63) is 0 Å². The fourth-order valence-corrected chi connectivity index (χ4v) is 3.36. The Morgan fingerprint density at radius 2 is 1.55 bits per heavy atom. The third-order valence-corrected chi connectivity index (χ3v) is 4.44. The molecule has 0 aromatic heterocycles. The van der Waals surface area contributed by atoms with E-state index in [1.54, 1.807) is 0 Å². The first-order chi connectivity index (χ1) is 4.63. The van der Waals surface area contributed by atoms with Gasteiger partial charge in [-0.25, -0.2) is 16.8 Å². The Bertz CT molecular complexity index is 315. The van der Waals surface area contributed by atoms with Gasteiger partial charge >= 0.3 is 0 Å². The van der Waals surface area contributed by atoms with Crippen LogP contribution in [-0.2, 0) is 18.1 Å². The molecule has 0 aromatic carbocycles. The first-order valence-corrected chi connectivity index (χ1v) is 7.34. The molecule has 1 atom stereocenters. The quantitative estimate of drug-likeness (QED) is 0.675. The summed E-state index contributed by atoms with van der Waals surface area (Å²) in [6.07, 6.45) is 0. The lowest BCUT2D eigenvalue weighted by Crippen LogP contribution is -2.20. The van der Waals surface area contributed by atoms with Crippen molar-refractivity contribution in [2.24, 2.45) is 0 Å². The van der Waals surface area contributed by atoms with Crippen molar-refractivity contribution in [3.63, 3.8) is 0 Å². The molecule has 0 aliphatic heterocycles. The molecule has 0 N–H and O–H groups in total. The van der Waals surface area contributed by atoms with Gasteiger partial charge in [-0.3, -0.25) is 0 Å². The predicted octanol–water partition coefficient (Wildman–Crippen LogP) is 0.512. The number of hydrogen-bond acceptors (Lipinski definition) is 4. The van der Waals surface area contributed by atoms with Crippen molar-refractivity contribution in [2.75, 3.05) is 5.75 Å². The maximum absolute atomic E-state index is 10.5. The highest BCUT2D eigenvalue weighted by atomic mass is 35.7. The minimum absolute atomic E-state index is 0.666. The van der Waals surface area contributed by atoms with E-state index in [0.29, 0.717) is 0 Å². The molecule has 1 unspecified atom stereocenters. The van der Waals surface area contributed by atoms with Crippen molar-refractivity contribution in [3.8, 4) is 0 Å². The maximum Gasteiger partial charge on any atom is 0.236 e. The zero-order valence-electron chi connectivity index (χ0n) is 5.49. The molecular weight excluding hydrogens is 235 g/mol. The van der Waals surface area contributed by atoms with Crippen LogP contribution < -0.4 is 0 Å². The van der Waals surface area contributed by atoms with Crippen molar-refractivity contribution in [1.29, 1.82) is 0 Å². The van der Waals surface area contributed by atoms with Gasteiger partial charge in [0, 0.05) is 21.4 Å². The second kappa shape index (κ2) is 3.47. The van der Waals surface area contributed by atoms with Gasteiger partial charge in [0.15, 0.2) is 0 Å². The summed E-state index contributed by atoms with van der Waals surface area (Å²) < 4.78 is 41.6. The molecule has 0 rings (SSSR count). The summed E-state index contributed by atoms with van der Waals surface area (Å²) in [4.78, 5) is 0. The van der Waals surface area contributed by atoms with Gasteiger partial charge < -0.3 is 0 Å². The molecular formula is C3H6Cl2O4S2. The predicted molar refractivity (Wildman–Crippen MR) is 43.9 cm³/mol. The zero-order chi connectivity index (χ0) is 9.28. The SMILES string of the molecule is CC(CS(=O)(=O)Cl)S(=O)(=O)Cl. The van der Waals surface area contributed by atoms with E-state index in [2.05, 4.69) is 0 Å². The third kappa shape index (κ3) is 5.72. The number of hydrogen-bond donors (Lipinski definition) is 0. The van der Waals surface area contributed by atoms with Crippen molar-refractivity contribution >= 4 is 39.5 Å². The summed E-state index contributed by atoms with van der Waals surface area (Å²) in [7, 11) is 2.00. The van der Waals surface area contributed by atoms with Gasteiger partial charge in [0.25, 0.3) is 0 Å². The first-order valence-electron chi connectivity index (χ1n) is 2.49. The standard InChI is InChI=1S/C3H6Cl2O4S2/c1-3(11(5,8)9)2-10(4,6)7/h3H,2H2,1H3. The fourth-order valence-electron chi connectivity index (χ4n) is 0.362. The lowest BCUT2D eigenvalue weighted by atomic mass is 10.6. The van der Waals surface area contributed by atoms with Gasteiger partial charge in [0.05, 0.1) is 11.0 Å². The molecule has 0 saturated carbocycles. The van der Waals surface area contributed by atoms with E-state index in [1.807, 2.05) is 0 Å². The summed E-state index contributed by atoms with van der Waals surface area (Å²) in [5.74, 6) is -0.666. The Morgan fingerprint density at radius 3 is 1.64 bits per heavy atom. The minimum Gasteiger partial charge on any atom is -0.212 e.